The highest BCUT2D eigenvalue weighted by atomic mass is 16.5. The van der Waals surface area contributed by atoms with Crippen molar-refractivity contribution in [3.8, 4) is 0 Å². The van der Waals surface area contributed by atoms with E-state index in [1.807, 2.05) is 28.8 Å². The molecule has 3 aromatic rings. The fourth-order valence-corrected chi connectivity index (χ4v) is 3.86. The van der Waals surface area contributed by atoms with Crippen LogP contribution in [0.25, 0.3) is 22.2 Å². The van der Waals surface area contributed by atoms with Crippen molar-refractivity contribution in [3.63, 3.8) is 0 Å². The molecule has 0 saturated carbocycles. The van der Waals surface area contributed by atoms with Gasteiger partial charge >= 0.3 is 5.97 Å². The molecular formula is C22H28N4O3. The number of rotatable bonds is 8. The summed E-state index contributed by atoms with van der Waals surface area (Å²) in [7, 11) is 0. The zero-order valence-electron chi connectivity index (χ0n) is 16.9. The lowest BCUT2D eigenvalue weighted by molar-refractivity contribution is 0.0500. The Hall–Kier alpha value is -2.67. The van der Waals surface area contributed by atoms with Crippen molar-refractivity contribution in [1.82, 2.24) is 14.5 Å². The third kappa shape index (κ3) is 4.05. The lowest BCUT2D eigenvalue weighted by Gasteiger charge is -2.13. The van der Waals surface area contributed by atoms with E-state index in [0.717, 1.165) is 56.2 Å². The van der Waals surface area contributed by atoms with Gasteiger partial charge in [-0.25, -0.2) is 14.8 Å². The number of para-hydroxylation sites is 2. The molecule has 4 rings (SSSR count). The Kier molecular flexibility index (Phi) is 5.94. The van der Waals surface area contributed by atoms with Gasteiger partial charge in [0.25, 0.3) is 0 Å². The molecule has 1 fully saturated rings. The Morgan fingerprint density at radius 1 is 1.24 bits per heavy atom. The zero-order valence-corrected chi connectivity index (χ0v) is 16.9. The second-order valence-electron chi connectivity index (χ2n) is 7.59. The standard InChI is InChI=1S/C22H28N4O3/c1-2-3-4-7-12-29-22(27)18-19-21(25-17-11-6-5-10-16(17)24-19)26(20(18)23)14-15-9-8-13-28-15/h5-6,10-11,15H,2-4,7-9,12-14,23H2,1H3/t15-/m1/s1. The minimum Gasteiger partial charge on any atom is -0.462 e. The van der Waals surface area contributed by atoms with Crippen LogP contribution in [0.5, 0.6) is 0 Å². The lowest BCUT2D eigenvalue weighted by atomic mass is 10.2. The van der Waals surface area contributed by atoms with E-state index in [-0.39, 0.29) is 6.10 Å². The number of nitrogens with two attached hydrogens (primary N) is 1. The van der Waals surface area contributed by atoms with Crippen molar-refractivity contribution < 1.29 is 14.3 Å². The number of anilines is 1. The summed E-state index contributed by atoms with van der Waals surface area (Å²) in [5.41, 5.74) is 9.35. The molecule has 3 heterocycles. The number of ether oxygens (including phenoxy) is 2. The molecule has 7 heteroatoms. The summed E-state index contributed by atoms with van der Waals surface area (Å²) in [6.07, 6.45) is 6.24. The maximum absolute atomic E-state index is 12.9. The number of carbonyl (C=O) groups excluding carboxylic acids is 1. The van der Waals surface area contributed by atoms with E-state index >= 15 is 0 Å². The number of benzene rings is 1. The van der Waals surface area contributed by atoms with Gasteiger partial charge in [-0.2, -0.15) is 0 Å². The number of nitrogens with zero attached hydrogens (tertiary/aromatic N) is 3. The van der Waals surface area contributed by atoms with Crippen LogP contribution in [0.15, 0.2) is 24.3 Å². The number of esters is 1. The first-order valence-electron chi connectivity index (χ1n) is 10.5. The molecule has 0 spiro atoms. The Morgan fingerprint density at radius 2 is 2.03 bits per heavy atom. The molecule has 0 aliphatic carbocycles. The highest BCUT2D eigenvalue weighted by molar-refractivity contribution is 6.08. The van der Waals surface area contributed by atoms with E-state index in [1.54, 1.807) is 0 Å². The summed E-state index contributed by atoms with van der Waals surface area (Å²) in [5, 5.41) is 0. The molecule has 0 unspecified atom stereocenters. The summed E-state index contributed by atoms with van der Waals surface area (Å²) >= 11 is 0. The number of nitrogen functional groups attached to an aromatic ring is 1. The summed E-state index contributed by atoms with van der Waals surface area (Å²) < 4.78 is 13.2. The van der Waals surface area contributed by atoms with Crippen LogP contribution < -0.4 is 5.73 Å². The van der Waals surface area contributed by atoms with Crippen LogP contribution in [0.1, 0.15) is 55.8 Å². The number of unbranched alkanes of at least 4 members (excludes halogenated alkanes) is 3. The largest absolute Gasteiger partial charge is 0.462 e. The molecule has 1 aliphatic heterocycles. The SMILES string of the molecule is CCCCCCOC(=O)c1c(N)n(C[C@H]2CCCO2)c2nc3ccccc3nc12. The second-order valence-corrected chi connectivity index (χ2v) is 7.59. The first-order valence-corrected chi connectivity index (χ1v) is 10.5. The van der Waals surface area contributed by atoms with Gasteiger partial charge in [-0.05, 0) is 31.4 Å². The molecule has 1 atom stereocenters. The predicted molar refractivity (Wildman–Crippen MR) is 113 cm³/mol. The van der Waals surface area contributed by atoms with Crippen molar-refractivity contribution in [2.24, 2.45) is 0 Å². The van der Waals surface area contributed by atoms with Crippen LogP contribution >= 0.6 is 0 Å². The molecule has 2 aromatic heterocycles. The van der Waals surface area contributed by atoms with E-state index < -0.39 is 5.97 Å². The summed E-state index contributed by atoms with van der Waals surface area (Å²) in [4.78, 5) is 22.4. The highest BCUT2D eigenvalue weighted by Crippen LogP contribution is 2.30. The van der Waals surface area contributed by atoms with E-state index in [2.05, 4.69) is 6.92 Å². The lowest BCUT2D eigenvalue weighted by Crippen LogP contribution is -2.17. The average Bonchev–Trinajstić information content (AvgIpc) is 3.33. The van der Waals surface area contributed by atoms with Gasteiger partial charge in [0, 0.05) is 6.61 Å². The topological polar surface area (TPSA) is 92.3 Å². The molecular weight excluding hydrogens is 368 g/mol. The van der Waals surface area contributed by atoms with Crippen LogP contribution in [0.4, 0.5) is 5.82 Å². The Balaban J connectivity index is 1.70. The van der Waals surface area contributed by atoms with Crippen molar-refractivity contribution in [3.05, 3.63) is 29.8 Å². The van der Waals surface area contributed by atoms with E-state index in [0.29, 0.717) is 35.7 Å². The van der Waals surface area contributed by atoms with Gasteiger partial charge in [0.05, 0.1) is 30.3 Å². The van der Waals surface area contributed by atoms with Crippen LogP contribution in [-0.4, -0.2) is 39.8 Å². The van der Waals surface area contributed by atoms with Crippen molar-refractivity contribution in [2.75, 3.05) is 18.9 Å². The number of carbonyl (C=O) groups is 1. The number of hydrogen-bond donors (Lipinski definition) is 1. The fourth-order valence-electron chi connectivity index (χ4n) is 3.86. The van der Waals surface area contributed by atoms with Crippen LogP contribution in [-0.2, 0) is 16.0 Å². The molecule has 1 saturated heterocycles. The minimum absolute atomic E-state index is 0.0686. The van der Waals surface area contributed by atoms with Gasteiger partial charge in [0.1, 0.15) is 16.9 Å². The molecule has 0 radical (unpaired) electrons. The first kappa shape index (κ1) is 19.6. The normalized spacial score (nSPS) is 16.7. The molecule has 1 aliphatic rings. The first-order chi connectivity index (χ1) is 14.2. The third-order valence-corrected chi connectivity index (χ3v) is 5.44. The summed E-state index contributed by atoms with van der Waals surface area (Å²) in [6, 6.07) is 7.62. The molecule has 1 aromatic carbocycles. The fraction of sp³-hybridized carbons (Fsp3) is 0.500. The smallest absolute Gasteiger partial charge is 0.344 e. The van der Waals surface area contributed by atoms with E-state index in [9.17, 15) is 4.79 Å². The Bertz CT molecular complexity index is 1010. The number of aromatic nitrogens is 3. The van der Waals surface area contributed by atoms with Gasteiger partial charge < -0.3 is 19.8 Å². The average molecular weight is 396 g/mol. The Labute approximate surface area is 170 Å². The molecule has 0 bridgehead atoms. The predicted octanol–water partition coefficient (Wildman–Crippen LogP) is 4.08. The molecule has 29 heavy (non-hydrogen) atoms. The third-order valence-electron chi connectivity index (χ3n) is 5.44. The minimum atomic E-state index is -0.431. The Morgan fingerprint density at radius 3 is 2.76 bits per heavy atom. The van der Waals surface area contributed by atoms with Crippen molar-refractivity contribution in [1.29, 1.82) is 0 Å². The van der Waals surface area contributed by atoms with Gasteiger partial charge in [-0.1, -0.05) is 38.3 Å². The molecule has 2 N–H and O–H groups in total. The van der Waals surface area contributed by atoms with Crippen LogP contribution in [0, 0.1) is 0 Å². The summed E-state index contributed by atoms with van der Waals surface area (Å²) in [6.45, 7) is 3.85. The summed E-state index contributed by atoms with van der Waals surface area (Å²) in [5.74, 6) is -0.0796. The molecule has 154 valence electrons. The van der Waals surface area contributed by atoms with Crippen molar-refractivity contribution in [2.45, 2.75) is 58.1 Å². The number of hydrogen-bond acceptors (Lipinski definition) is 6. The number of fused-ring (bicyclic) bond motifs is 2. The van der Waals surface area contributed by atoms with Crippen molar-refractivity contribution >= 4 is 34.0 Å². The van der Waals surface area contributed by atoms with E-state index in [1.165, 1.54) is 0 Å². The molecule has 7 nitrogen and oxygen atoms in total. The highest BCUT2D eigenvalue weighted by Gasteiger charge is 2.27. The monoisotopic (exact) mass is 396 g/mol. The second kappa shape index (κ2) is 8.78. The van der Waals surface area contributed by atoms with Gasteiger partial charge in [0.15, 0.2) is 5.65 Å². The van der Waals surface area contributed by atoms with Crippen LogP contribution in [0.2, 0.25) is 0 Å². The van der Waals surface area contributed by atoms with Crippen LogP contribution in [0.3, 0.4) is 0 Å². The van der Waals surface area contributed by atoms with Gasteiger partial charge in [-0.15, -0.1) is 0 Å². The maximum Gasteiger partial charge on any atom is 0.344 e. The zero-order chi connectivity index (χ0) is 20.2. The van der Waals surface area contributed by atoms with E-state index in [4.69, 9.17) is 25.2 Å². The van der Waals surface area contributed by atoms with Gasteiger partial charge in [0.2, 0.25) is 0 Å². The molecule has 0 amide bonds. The van der Waals surface area contributed by atoms with Gasteiger partial charge in [-0.3, -0.25) is 0 Å². The quantitative estimate of drug-likeness (QED) is 0.455. The maximum atomic E-state index is 12.9.